The highest BCUT2D eigenvalue weighted by molar-refractivity contribution is 7.20. The first-order valence-electron chi connectivity index (χ1n) is 10.6. The van der Waals surface area contributed by atoms with Gasteiger partial charge in [-0.25, -0.2) is 4.98 Å². The van der Waals surface area contributed by atoms with Gasteiger partial charge >= 0.3 is 0 Å². The van der Waals surface area contributed by atoms with E-state index in [2.05, 4.69) is 21.3 Å². The minimum atomic E-state index is 0.0384. The van der Waals surface area contributed by atoms with Gasteiger partial charge in [0.2, 0.25) is 5.91 Å². The first-order valence-corrected chi connectivity index (χ1v) is 11.5. The van der Waals surface area contributed by atoms with Crippen molar-refractivity contribution >= 4 is 33.4 Å². The first-order chi connectivity index (χ1) is 14.0. The van der Waals surface area contributed by atoms with Crippen molar-refractivity contribution in [2.45, 2.75) is 50.5 Å². The Bertz CT molecular complexity index is 888. The normalized spacial score (nSPS) is 20.8. The summed E-state index contributed by atoms with van der Waals surface area (Å²) < 4.78 is 0. The molecule has 4 rings (SSSR count). The second-order valence-electron chi connectivity index (χ2n) is 8.52. The molecule has 2 fully saturated rings. The Morgan fingerprint density at radius 3 is 2.79 bits per heavy atom. The van der Waals surface area contributed by atoms with Crippen LogP contribution >= 0.6 is 11.3 Å². The number of hydrogen-bond acceptors (Lipinski definition) is 5. The largest absolute Gasteiger partial charge is 0.352 e. The molecule has 2 aromatic rings. The van der Waals surface area contributed by atoms with E-state index < -0.39 is 0 Å². The topological polar surface area (TPSA) is 65.5 Å². The molecule has 3 heterocycles. The fourth-order valence-electron chi connectivity index (χ4n) is 4.65. The molecule has 1 unspecified atom stereocenters. The van der Waals surface area contributed by atoms with Crippen molar-refractivity contribution < 1.29 is 9.59 Å². The van der Waals surface area contributed by atoms with Crippen LogP contribution in [0.15, 0.2) is 18.3 Å². The highest BCUT2D eigenvalue weighted by Crippen LogP contribution is 2.39. The Morgan fingerprint density at radius 2 is 2.03 bits per heavy atom. The maximum atomic E-state index is 12.8. The van der Waals surface area contributed by atoms with E-state index in [-0.39, 0.29) is 17.7 Å². The summed E-state index contributed by atoms with van der Waals surface area (Å²) in [5, 5.41) is 4.30. The van der Waals surface area contributed by atoms with Crippen LogP contribution in [0.25, 0.3) is 10.2 Å². The molecule has 156 valence electrons. The Kier molecular flexibility index (Phi) is 6.15. The van der Waals surface area contributed by atoms with E-state index in [0.717, 1.165) is 53.0 Å². The summed E-state index contributed by atoms with van der Waals surface area (Å²) >= 11 is 1.49. The molecule has 7 heteroatoms. The molecule has 29 heavy (non-hydrogen) atoms. The molecule has 1 saturated heterocycles. The van der Waals surface area contributed by atoms with E-state index in [1.165, 1.54) is 30.6 Å². The lowest BCUT2D eigenvalue weighted by atomic mass is 9.95. The number of fused-ring (bicyclic) bond motifs is 1. The van der Waals surface area contributed by atoms with Crippen LogP contribution in [-0.4, -0.2) is 66.4 Å². The molecular weight excluding hydrogens is 384 g/mol. The third kappa shape index (κ3) is 4.46. The summed E-state index contributed by atoms with van der Waals surface area (Å²) in [5.74, 6) is 0.435. The molecule has 2 aliphatic rings. The second-order valence-corrected chi connectivity index (χ2v) is 9.52. The lowest BCUT2D eigenvalue weighted by molar-refractivity contribution is -0.122. The van der Waals surface area contributed by atoms with Crippen molar-refractivity contribution in [3.05, 3.63) is 28.8 Å². The summed E-state index contributed by atoms with van der Waals surface area (Å²) in [6.45, 7) is 2.15. The number of amides is 2. The van der Waals surface area contributed by atoms with Gasteiger partial charge in [-0.15, -0.1) is 11.3 Å². The average Bonchev–Trinajstić information content (AvgIpc) is 3.31. The van der Waals surface area contributed by atoms with Crippen LogP contribution in [0.4, 0.5) is 0 Å². The molecule has 1 aliphatic carbocycles. The fourth-order valence-corrected chi connectivity index (χ4v) is 5.90. The van der Waals surface area contributed by atoms with E-state index in [1.807, 2.05) is 6.07 Å². The number of pyridine rings is 1. The Labute approximate surface area is 176 Å². The predicted molar refractivity (Wildman–Crippen MR) is 116 cm³/mol. The van der Waals surface area contributed by atoms with E-state index in [4.69, 9.17) is 0 Å². The van der Waals surface area contributed by atoms with E-state index in [0.29, 0.717) is 12.6 Å². The zero-order valence-electron chi connectivity index (χ0n) is 17.3. The van der Waals surface area contributed by atoms with Gasteiger partial charge in [-0.3, -0.25) is 14.5 Å². The van der Waals surface area contributed by atoms with Crippen molar-refractivity contribution in [3.8, 4) is 0 Å². The van der Waals surface area contributed by atoms with Gasteiger partial charge in [0.25, 0.3) is 5.91 Å². The molecule has 0 bridgehead atoms. The molecule has 1 atom stereocenters. The fraction of sp³-hybridized carbons (Fsp3) is 0.591. The van der Waals surface area contributed by atoms with Crippen molar-refractivity contribution in [2.24, 2.45) is 0 Å². The molecular formula is C22H30N4O2S. The van der Waals surface area contributed by atoms with Gasteiger partial charge < -0.3 is 10.2 Å². The second kappa shape index (κ2) is 8.79. The lowest BCUT2D eigenvalue weighted by Crippen LogP contribution is -2.42. The number of hydrogen-bond donors (Lipinski definition) is 1. The quantitative estimate of drug-likeness (QED) is 0.816. The van der Waals surface area contributed by atoms with Crippen LogP contribution < -0.4 is 5.32 Å². The Morgan fingerprint density at radius 1 is 1.24 bits per heavy atom. The molecule has 0 radical (unpaired) electrons. The van der Waals surface area contributed by atoms with Crippen LogP contribution in [0.1, 0.15) is 59.7 Å². The highest BCUT2D eigenvalue weighted by atomic mass is 32.1. The van der Waals surface area contributed by atoms with Crippen LogP contribution in [0, 0.1) is 0 Å². The number of carbonyl (C=O) groups excluding carboxylic acids is 2. The zero-order valence-corrected chi connectivity index (χ0v) is 18.1. The Hall–Kier alpha value is -1.99. The standard InChI is InChI=1S/C22H30N4O2S/c1-25(2)22(28)20-19(17-9-6-11-23-21(17)29-20)15-10-12-26(13-15)14-18(27)24-16-7-4-3-5-8-16/h6,9,11,15-16H,3-5,7-8,10,12-14H2,1-2H3,(H,24,27). The molecule has 6 nitrogen and oxygen atoms in total. The molecule has 2 aromatic heterocycles. The maximum Gasteiger partial charge on any atom is 0.263 e. The Balaban J connectivity index is 1.47. The zero-order chi connectivity index (χ0) is 20.4. The number of carbonyl (C=O) groups is 2. The van der Waals surface area contributed by atoms with Crippen molar-refractivity contribution in [1.29, 1.82) is 0 Å². The molecule has 0 spiro atoms. The highest BCUT2D eigenvalue weighted by Gasteiger charge is 2.32. The number of thiophene rings is 1. The van der Waals surface area contributed by atoms with Crippen molar-refractivity contribution in [3.63, 3.8) is 0 Å². The number of aromatic nitrogens is 1. The van der Waals surface area contributed by atoms with E-state index in [1.54, 1.807) is 25.2 Å². The van der Waals surface area contributed by atoms with Crippen LogP contribution in [0.5, 0.6) is 0 Å². The summed E-state index contributed by atoms with van der Waals surface area (Å²) in [4.78, 5) is 35.4. The first kappa shape index (κ1) is 20.3. The van der Waals surface area contributed by atoms with Gasteiger partial charge in [0.05, 0.1) is 11.4 Å². The molecule has 0 aromatic carbocycles. The number of rotatable bonds is 5. The molecule has 2 amide bonds. The van der Waals surface area contributed by atoms with Crippen molar-refractivity contribution in [2.75, 3.05) is 33.7 Å². The summed E-state index contributed by atoms with van der Waals surface area (Å²) in [7, 11) is 3.58. The number of nitrogens with zero attached hydrogens (tertiary/aromatic N) is 3. The van der Waals surface area contributed by atoms with E-state index in [9.17, 15) is 9.59 Å². The van der Waals surface area contributed by atoms with Gasteiger partial charge in [0.1, 0.15) is 4.83 Å². The van der Waals surface area contributed by atoms with Gasteiger partial charge in [-0.05, 0) is 37.4 Å². The van der Waals surface area contributed by atoms with E-state index >= 15 is 0 Å². The van der Waals surface area contributed by atoms with Crippen LogP contribution in [0.3, 0.4) is 0 Å². The summed E-state index contributed by atoms with van der Waals surface area (Å²) in [6.07, 6.45) is 8.69. The molecule has 1 aliphatic heterocycles. The maximum absolute atomic E-state index is 12.8. The van der Waals surface area contributed by atoms with Gasteiger partial charge in [-0.2, -0.15) is 0 Å². The van der Waals surface area contributed by atoms with Crippen LogP contribution in [0.2, 0.25) is 0 Å². The van der Waals surface area contributed by atoms with Crippen molar-refractivity contribution in [1.82, 2.24) is 20.1 Å². The van der Waals surface area contributed by atoms with Gasteiger partial charge in [0, 0.05) is 44.2 Å². The summed E-state index contributed by atoms with van der Waals surface area (Å²) in [5.41, 5.74) is 1.12. The summed E-state index contributed by atoms with van der Waals surface area (Å²) in [6, 6.07) is 4.36. The minimum absolute atomic E-state index is 0.0384. The minimum Gasteiger partial charge on any atom is -0.352 e. The number of nitrogens with one attached hydrogen (secondary N) is 1. The monoisotopic (exact) mass is 414 g/mol. The number of likely N-dealkylation sites (tertiary alicyclic amines) is 1. The molecule has 1 N–H and O–H groups in total. The smallest absolute Gasteiger partial charge is 0.263 e. The SMILES string of the molecule is CN(C)C(=O)c1sc2ncccc2c1C1CCN(CC(=O)NC2CCCCC2)C1. The average molecular weight is 415 g/mol. The third-order valence-corrected chi connectivity index (χ3v) is 7.24. The van der Waals surface area contributed by atoms with Gasteiger partial charge in [0.15, 0.2) is 0 Å². The molecule has 1 saturated carbocycles. The third-order valence-electron chi connectivity index (χ3n) is 6.12. The van der Waals surface area contributed by atoms with Gasteiger partial charge in [-0.1, -0.05) is 25.3 Å². The lowest BCUT2D eigenvalue weighted by Gasteiger charge is -2.24. The predicted octanol–water partition coefficient (Wildman–Crippen LogP) is 3.24. The van der Waals surface area contributed by atoms with Crippen LogP contribution in [-0.2, 0) is 4.79 Å².